The summed E-state index contributed by atoms with van der Waals surface area (Å²) in [5, 5.41) is 3.27. The topological polar surface area (TPSA) is 87.3 Å². The van der Waals surface area contributed by atoms with Crippen LogP contribution in [0.3, 0.4) is 0 Å². The number of hydrazine groups is 1. The van der Waals surface area contributed by atoms with Gasteiger partial charge in [0.25, 0.3) is 17.7 Å². The Kier molecular flexibility index (Phi) is 6.49. The van der Waals surface area contributed by atoms with Crippen molar-refractivity contribution in [2.75, 3.05) is 5.32 Å². The highest BCUT2D eigenvalue weighted by Crippen LogP contribution is 2.18. The van der Waals surface area contributed by atoms with Crippen molar-refractivity contribution in [3.05, 3.63) is 99.5 Å². The van der Waals surface area contributed by atoms with Gasteiger partial charge in [-0.05, 0) is 42.5 Å². The molecule has 0 saturated carbocycles. The lowest BCUT2D eigenvalue weighted by molar-refractivity contribution is 0.0847. The van der Waals surface area contributed by atoms with Crippen LogP contribution in [0.5, 0.6) is 0 Å². The van der Waals surface area contributed by atoms with Crippen LogP contribution in [0.25, 0.3) is 0 Å². The first kappa shape index (κ1) is 20.4. The van der Waals surface area contributed by atoms with Crippen LogP contribution in [0.4, 0.5) is 5.69 Å². The van der Waals surface area contributed by atoms with Crippen LogP contribution in [0.1, 0.15) is 31.1 Å². The molecule has 3 aromatic carbocycles. The minimum Gasteiger partial charge on any atom is -0.322 e. The molecule has 3 rings (SSSR count). The summed E-state index contributed by atoms with van der Waals surface area (Å²) < 4.78 is 0. The summed E-state index contributed by atoms with van der Waals surface area (Å²) >= 11 is 12.0. The van der Waals surface area contributed by atoms with Gasteiger partial charge >= 0.3 is 0 Å². The maximum Gasteiger partial charge on any atom is 0.271 e. The van der Waals surface area contributed by atoms with Crippen LogP contribution in [0.2, 0.25) is 10.0 Å². The van der Waals surface area contributed by atoms with Crippen molar-refractivity contribution >= 4 is 46.6 Å². The summed E-state index contributed by atoms with van der Waals surface area (Å²) in [4.78, 5) is 36.8. The fourth-order valence-electron chi connectivity index (χ4n) is 2.48. The Balaban J connectivity index is 1.65. The number of amides is 3. The molecule has 0 spiro atoms. The molecule has 0 aromatic heterocycles. The quantitative estimate of drug-likeness (QED) is 0.541. The Morgan fingerprint density at radius 2 is 1.17 bits per heavy atom. The van der Waals surface area contributed by atoms with Crippen LogP contribution in [0, 0.1) is 0 Å². The third kappa shape index (κ3) is 5.13. The highest BCUT2D eigenvalue weighted by Gasteiger charge is 2.13. The van der Waals surface area contributed by atoms with Crippen molar-refractivity contribution in [3.63, 3.8) is 0 Å². The largest absolute Gasteiger partial charge is 0.322 e. The predicted octanol–water partition coefficient (Wildman–Crippen LogP) is 4.32. The highest BCUT2D eigenvalue weighted by atomic mass is 35.5. The standard InChI is InChI=1S/C21H15Cl2N3O3/c22-17-10-3-1-8-15(17)20(28)24-14-7-5-6-13(12-14)19(27)25-26-21(29)16-9-2-4-11-18(16)23/h1-12H,(H,24,28)(H,25,27)(H,26,29). The monoisotopic (exact) mass is 427 g/mol. The third-order valence-electron chi connectivity index (χ3n) is 3.91. The van der Waals surface area contributed by atoms with Gasteiger partial charge in [-0.1, -0.05) is 53.5 Å². The van der Waals surface area contributed by atoms with Gasteiger partial charge in [-0.15, -0.1) is 0 Å². The summed E-state index contributed by atoms with van der Waals surface area (Å²) in [6.45, 7) is 0. The summed E-state index contributed by atoms with van der Waals surface area (Å²) in [7, 11) is 0. The smallest absolute Gasteiger partial charge is 0.271 e. The second-order valence-corrected chi connectivity index (χ2v) is 6.72. The van der Waals surface area contributed by atoms with Crippen molar-refractivity contribution in [2.24, 2.45) is 0 Å². The van der Waals surface area contributed by atoms with Crippen LogP contribution >= 0.6 is 23.2 Å². The zero-order valence-electron chi connectivity index (χ0n) is 14.9. The van der Waals surface area contributed by atoms with Crippen molar-refractivity contribution in [3.8, 4) is 0 Å². The van der Waals surface area contributed by atoms with Gasteiger partial charge in [0.2, 0.25) is 0 Å². The molecule has 8 heteroatoms. The summed E-state index contributed by atoms with van der Waals surface area (Å²) in [5.74, 6) is -1.51. The van der Waals surface area contributed by atoms with E-state index in [1.165, 1.54) is 12.1 Å². The Bertz CT molecular complexity index is 1090. The fourth-order valence-corrected chi connectivity index (χ4v) is 2.92. The Labute approximate surface area is 176 Å². The van der Waals surface area contributed by atoms with Crippen molar-refractivity contribution in [2.45, 2.75) is 0 Å². The third-order valence-corrected chi connectivity index (χ3v) is 4.57. The van der Waals surface area contributed by atoms with E-state index in [1.54, 1.807) is 60.7 Å². The van der Waals surface area contributed by atoms with Gasteiger partial charge in [0.1, 0.15) is 0 Å². The van der Waals surface area contributed by atoms with E-state index in [1.807, 2.05) is 0 Å². The maximum absolute atomic E-state index is 12.4. The minimum absolute atomic E-state index is 0.232. The van der Waals surface area contributed by atoms with Gasteiger partial charge < -0.3 is 5.32 Å². The molecule has 3 N–H and O–H groups in total. The van der Waals surface area contributed by atoms with E-state index in [9.17, 15) is 14.4 Å². The minimum atomic E-state index is -0.556. The molecule has 6 nitrogen and oxygen atoms in total. The molecule has 0 heterocycles. The van der Waals surface area contributed by atoms with E-state index in [-0.39, 0.29) is 16.1 Å². The maximum atomic E-state index is 12.4. The number of hydrogen-bond donors (Lipinski definition) is 3. The molecular weight excluding hydrogens is 413 g/mol. The Morgan fingerprint density at radius 3 is 1.79 bits per heavy atom. The van der Waals surface area contributed by atoms with Gasteiger partial charge in [0.15, 0.2) is 0 Å². The number of halogens is 2. The summed E-state index contributed by atoms with van der Waals surface area (Å²) in [6, 6.07) is 19.4. The molecule has 0 unspecified atom stereocenters. The highest BCUT2D eigenvalue weighted by molar-refractivity contribution is 6.34. The zero-order valence-corrected chi connectivity index (χ0v) is 16.4. The fraction of sp³-hybridized carbons (Fsp3) is 0. The summed E-state index contributed by atoms with van der Waals surface area (Å²) in [5.41, 5.74) is 5.81. The average Bonchev–Trinajstić information content (AvgIpc) is 2.72. The summed E-state index contributed by atoms with van der Waals surface area (Å²) in [6.07, 6.45) is 0. The molecule has 0 radical (unpaired) electrons. The lowest BCUT2D eigenvalue weighted by Crippen LogP contribution is -2.41. The normalized spacial score (nSPS) is 10.1. The second-order valence-electron chi connectivity index (χ2n) is 5.90. The molecule has 3 aromatic rings. The molecule has 0 fully saturated rings. The molecule has 0 aliphatic carbocycles. The van der Waals surface area contributed by atoms with Gasteiger partial charge in [0, 0.05) is 11.3 Å². The number of anilines is 1. The number of carbonyl (C=O) groups excluding carboxylic acids is 3. The van der Waals surface area contributed by atoms with Crippen molar-refractivity contribution in [1.29, 1.82) is 0 Å². The van der Waals surface area contributed by atoms with Gasteiger partial charge in [-0.25, -0.2) is 0 Å². The first-order valence-electron chi connectivity index (χ1n) is 8.47. The van der Waals surface area contributed by atoms with Crippen molar-refractivity contribution < 1.29 is 14.4 Å². The van der Waals surface area contributed by atoms with Crippen LogP contribution in [0.15, 0.2) is 72.8 Å². The Morgan fingerprint density at radius 1 is 0.621 bits per heavy atom. The lowest BCUT2D eigenvalue weighted by Gasteiger charge is -2.10. The number of benzene rings is 3. The Hall–Kier alpha value is -3.35. The second kappa shape index (κ2) is 9.23. The van der Waals surface area contributed by atoms with Crippen LogP contribution in [-0.2, 0) is 0 Å². The molecule has 146 valence electrons. The molecular formula is C21H15Cl2N3O3. The molecule has 0 saturated heterocycles. The number of nitrogens with one attached hydrogen (secondary N) is 3. The van der Waals surface area contributed by atoms with E-state index >= 15 is 0 Å². The predicted molar refractivity (Wildman–Crippen MR) is 112 cm³/mol. The zero-order chi connectivity index (χ0) is 20.8. The van der Waals surface area contributed by atoms with E-state index < -0.39 is 17.7 Å². The number of hydrogen-bond acceptors (Lipinski definition) is 3. The number of carbonyl (C=O) groups is 3. The van der Waals surface area contributed by atoms with E-state index in [0.29, 0.717) is 16.3 Å². The molecule has 0 bridgehead atoms. The van der Waals surface area contributed by atoms with E-state index in [0.717, 1.165) is 0 Å². The molecule has 3 amide bonds. The van der Waals surface area contributed by atoms with E-state index in [4.69, 9.17) is 23.2 Å². The van der Waals surface area contributed by atoms with E-state index in [2.05, 4.69) is 16.2 Å². The first-order valence-corrected chi connectivity index (χ1v) is 9.22. The SMILES string of the molecule is O=C(NNC(=O)c1ccccc1Cl)c1cccc(NC(=O)c2ccccc2Cl)c1. The molecule has 0 aliphatic heterocycles. The lowest BCUT2D eigenvalue weighted by atomic mass is 10.1. The van der Waals surface area contributed by atoms with Crippen LogP contribution < -0.4 is 16.2 Å². The molecule has 0 aliphatic rings. The van der Waals surface area contributed by atoms with Gasteiger partial charge in [0.05, 0.1) is 21.2 Å². The molecule has 29 heavy (non-hydrogen) atoms. The van der Waals surface area contributed by atoms with Crippen LogP contribution in [-0.4, -0.2) is 17.7 Å². The first-order chi connectivity index (χ1) is 14.0. The number of rotatable bonds is 4. The van der Waals surface area contributed by atoms with Gasteiger partial charge in [-0.3, -0.25) is 25.2 Å². The van der Waals surface area contributed by atoms with Crippen molar-refractivity contribution in [1.82, 2.24) is 10.9 Å². The molecule has 0 atom stereocenters. The average molecular weight is 428 g/mol. The van der Waals surface area contributed by atoms with Gasteiger partial charge in [-0.2, -0.15) is 0 Å².